The quantitative estimate of drug-likeness (QED) is 0.877. The molecule has 0 saturated carbocycles. The maximum absolute atomic E-state index is 11.6. The summed E-state index contributed by atoms with van der Waals surface area (Å²) in [5.41, 5.74) is -1.34. The van der Waals surface area contributed by atoms with E-state index in [4.69, 9.17) is 21.1 Å². The number of aromatic nitrogens is 2. The van der Waals surface area contributed by atoms with E-state index in [0.29, 0.717) is 0 Å². The molecule has 2 aromatic heterocycles. The molecule has 0 aliphatic carbocycles. The topological polar surface area (TPSA) is 105 Å². The molecule has 1 atom stereocenters. The Morgan fingerprint density at radius 2 is 2.16 bits per heavy atom. The third-order valence-corrected chi connectivity index (χ3v) is 2.86. The van der Waals surface area contributed by atoms with Crippen molar-refractivity contribution in [3.05, 3.63) is 55.7 Å². The van der Waals surface area contributed by atoms with Gasteiger partial charge in [-0.1, -0.05) is 11.6 Å². The zero-order chi connectivity index (χ0) is 14.2. The van der Waals surface area contributed by atoms with Crippen LogP contribution >= 0.6 is 11.6 Å². The van der Waals surface area contributed by atoms with Crippen LogP contribution in [0, 0.1) is 0 Å². The van der Waals surface area contributed by atoms with Gasteiger partial charge in [0.2, 0.25) is 5.76 Å². The van der Waals surface area contributed by atoms with Crippen molar-refractivity contribution in [2.24, 2.45) is 0 Å². The molecule has 0 spiro atoms. The van der Waals surface area contributed by atoms with Gasteiger partial charge in [0, 0.05) is 6.20 Å². The molecule has 2 aromatic rings. The number of H-pyrrole nitrogens is 1. The summed E-state index contributed by atoms with van der Waals surface area (Å²) >= 11 is 5.64. The Morgan fingerprint density at radius 1 is 1.47 bits per heavy atom. The molecule has 2 heterocycles. The zero-order valence-electron chi connectivity index (χ0n) is 9.71. The average molecular weight is 285 g/mol. The number of carboxylic acid groups (broad SMARTS) is 1. The number of halogens is 1. The molecule has 19 heavy (non-hydrogen) atoms. The number of hydrogen-bond donors (Lipinski definition) is 2. The first-order valence-electron chi connectivity index (χ1n) is 5.24. The van der Waals surface area contributed by atoms with E-state index in [-0.39, 0.29) is 16.5 Å². The van der Waals surface area contributed by atoms with Crippen molar-refractivity contribution in [3.63, 3.8) is 0 Å². The summed E-state index contributed by atoms with van der Waals surface area (Å²) in [4.78, 5) is 35.5. The van der Waals surface area contributed by atoms with E-state index in [1.165, 1.54) is 18.3 Å². The lowest BCUT2D eigenvalue weighted by atomic mass is 10.2. The van der Waals surface area contributed by atoms with Gasteiger partial charge in [0.15, 0.2) is 0 Å². The van der Waals surface area contributed by atoms with Gasteiger partial charge < -0.3 is 9.52 Å². The van der Waals surface area contributed by atoms with Gasteiger partial charge in [-0.2, -0.15) is 0 Å². The van der Waals surface area contributed by atoms with E-state index >= 15 is 0 Å². The van der Waals surface area contributed by atoms with Crippen molar-refractivity contribution in [3.8, 4) is 0 Å². The summed E-state index contributed by atoms with van der Waals surface area (Å²) in [6, 6.07) is 2.13. The van der Waals surface area contributed by atoms with E-state index < -0.39 is 23.3 Å². The number of carboxylic acids is 1. The molecule has 0 bridgehead atoms. The lowest BCUT2D eigenvalue weighted by Crippen LogP contribution is -2.31. The first-order chi connectivity index (χ1) is 8.90. The Labute approximate surface area is 111 Å². The van der Waals surface area contributed by atoms with Crippen molar-refractivity contribution in [1.29, 1.82) is 0 Å². The van der Waals surface area contributed by atoms with Gasteiger partial charge in [0.1, 0.15) is 10.8 Å². The molecule has 0 fully saturated rings. The lowest BCUT2D eigenvalue weighted by molar-refractivity contribution is 0.0659. The first kappa shape index (κ1) is 13.2. The molecule has 0 aliphatic rings. The van der Waals surface area contributed by atoms with Crippen LogP contribution in [-0.2, 0) is 0 Å². The fraction of sp³-hybridized carbons (Fsp3) is 0.182. The standard InChI is InChI=1S/C11H9ClN2O5/c1-5(7-2-3-8(19-7)10(16)17)14-4-6(12)9(15)13-11(14)18/h2-5H,1H3,(H,16,17)(H,13,15,18). The number of furan rings is 1. The minimum atomic E-state index is -1.20. The van der Waals surface area contributed by atoms with Crippen molar-refractivity contribution in [2.45, 2.75) is 13.0 Å². The fourth-order valence-corrected chi connectivity index (χ4v) is 1.73. The smallest absolute Gasteiger partial charge is 0.371 e. The maximum atomic E-state index is 11.6. The Balaban J connectivity index is 2.46. The predicted octanol–water partition coefficient (Wildman–Crippen LogP) is 1.09. The third-order valence-electron chi connectivity index (χ3n) is 2.59. The van der Waals surface area contributed by atoms with Crippen molar-refractivity contribution in [2.75, 3.05) is 0 Å². The largest absolute Gasteiger partial charge is 0.475 e. The van der Waals surface area contributed by atoms with Crippen molar-refractivity contribution >= 4 is 17.6 Å². The molecular weight excluding hydrogens is 276 g/mol. The number of nitrogens with zero attached hydrogens (tertiary/aromatic N) is 1. The van der Waals surface area contributed by atoms with Crippen LogP contribution in [0.25, 0.3) is 0 Å². The van der Waals surface area contributed by atoms with Gasteiger partial charge in [0.05, 0.1) is 6.04 Å². The van der Waals surface area contributed by atoms with E-state index in [1.54, 1.807) is 6.92 Å². The number of hydrogen-bond acceptors (Lipinski definition) is 4. The molecule has 0 saturated heterocycles. The second-order valence-corrected chi connectivity index (χ2v) is 4.23. The molecule has 7 nitrogen and oxygen atoms in total. The van der Waals surface area contributed by atoms with Crippen molar-refractivity contribution < 1.29 is 14.3 Å². The highest BCUT2D eigenvalue weighted by molar-refractivity contribution is 6.30. The second kappa shape index (κ2) is 4.77. The number of aromatic amines is 1. The summed E-state index contributed by atoms with van der Waals surface area (Å²) in [5.74, 6) is -1.17. The molecule has 0 aromatic carbocycles. The molecule has 8 heteroatoms. The molecule has 0 radical (unpaired) electrons. The van der Waals surface area contributed by atoms with E-state index in [1.807, 2.05) is 4.98 Å². The van der Waals surface area contributed by atoms with Crippen LogP contribution in [-0.4, -0.2) is 20.6 Å². The second-order valence-electron chi connectivity index (χ2n) is 3.83. The molecule has 2 rings (SSSR count). The summed E-state index contributed by atoms with van der Waals surface area (Å²) < 4.78 is 6.24. The normalized spacial score (nSPS) is 12.3. The summed E-state index contributed by atoms with van der Waals surface area (Å²) in [7, 11) is 0. The van der Waals surface area contributed by atoms with Gasteiger partial charge in [-0.05, 0) is 19.1 Å². The Bertz CT molecular complexity index is 742. The number of aromatic carboxylic acids is 1. The van der Waals surface area contributed by atoms with Crippen molar-refractivity contribution in [1.82, 2.24) is 9.55 Å². The number of carbonyl (C=O) groups is 1. The van der Waals surface area contributed by atoms with Crippen LogP contribution < -0.4 is 11.2 Å². The van der Waals surface area contributed by atoms with E-state index in [0.717, 1.165) is 4.57 Å². The van der Waals surface area contributed by atoms with Gasteiger partial charge >= 0.3 is 11.7 Å². The summed E-state index contributed by atoms with van der Waals surface area (Å²) in [6.07, 6.45) is 1.18. The molecule has 0 aliphatic heterocycles. The highest BCUT2D eigenvalue weighted by atomic mass is 35.5. The average Bonchev–Trinajstić information content (AvgIpc) is 2.82. The molecule has 2 N–H and O–H groups in total. The minimum Gasteiger partial charge on any atom is -0.475 e. The number of rotatable bonds is 3. The van der Waals surface area contributed by atoms with Crippen LogP contribution in [0.5, 0.6) is 0 Å². The highest BCUT2D eigenvalue weighted by Crippen LogP contribution is 2.19. The summed E-state index contributed by atoms with van der Waals surface area (Å²) in [5, 5.41) is 8.61. The molecular formula is C11H9ClN2O5. The zero-order valence-corrected chi connectivity index (χ0v) is 10.5. The van der Waals surface area contributed by atoms with E-state index in [9.17, 15) is 14.4 Å². The van der Waals surface area contributed by atoms with Crippen LogP contribution in [0.15, 0.2) is 32.3 Å². The Morgan fingerprint density at radius 3 is 2.74 bits per heavy atom. The van der Waals surface area contributed by atoms with Crippen LogP contribution in [0.2, 0.25) is 5.02 Å². The monoisotopic (exact) mass is 284 g/mol. The summed E-state index contributed by atoms with van der Waals surface area (Å²) in [6.45, 7) is 1.61. The van der Waals surface area contributed by atoms with E-state index in [2.05, 4.69) is 0 Å². The third kappa shape index (κ3) is 2.45. The van der Waals surface area contributed by atoms with Crippen LogP contribution in [0.3, 0.4) is 0 Å². The van der Waals surface area contributed by atoms with Gasteiger partial charge in [0.25, 0.3) is 5.56 Å². The molecule has 0 amide bonds. The fourth-order valence-electron chi connectivity index (χ4n) is 1.58. The Hall–Kier alpha value is -2.28. The van der Waals surface area contributed by atoms with Crippen LogP contribution in [0.4, 0.5) is 0 Å². The van der Waals surface area contributed by atoms with Gasteiger partial charge in [-0.3, -0.25) is 14.3 Å². The van der Waals surface area contributed by atoms with Gasteiger partial charge in [-0.25, -0.2) is 9.59 Å². The predicted molar refractivity (Wildman–Crippen MR) is 65.8 cm³/mol. The lowest BCUT2D eigenvalue weighted by Gasteiger charge is -2.11. The SMILES string of the molecule is CC(c1ccc(C(=O)O)o1)n1cc(Cl)c(=O)[nH]c1=O. The maximum Gasteiger partial charge on any atom is 0.371 e. The first-order valence-corrected chi connectivity index (χ1v) is 5.62. The molecule has 100 valence electrons. The van der Waals surface area contributed by atoms with Gasteiger partial charge in [-0.15, -0.1) is 0 Å². The minimum absolute atomic E-state index is 0.142. The number of nitrogens with one attached hydrogen (secondary N) is 1. The Kier molecular flexibility index (Phi) is 3.30. The van der Waals surface area contributed by atoms with Crippen LogP contribution in [0.1, 0.15) is 29.3 Å². The highest BCUT2D eigenvalue weighted by Gasteiger charge is 2.17. The molecule has 1 unspecified atom stereocenters.